The number of aromatic nitrogens is 1. The molecule has 0 fully saturated rings. The van der Waals surface area contributed by atoms with Gasteiger partial charge in [0.25, 0.3) is 0 Å². The van der Waals surface area contributed by atoms with Crippen LogP contribution in [0.1, 0.15) is 38.6 Å². The Balaban J connectivity index is 1.76. The number of carbonyl (C=O) groups is 2. The van der Waals surface area contributed by atoms with Crippen molar-refractivity contribution in [3.63, 3.8) is 0 Å². The molecule has 0 radical (unpaired) electrons. The van der Waals surface area contributed by atoms with E-state index in [2.05, 4.69) is 15.6 Å². The predicted octanol–water partition coefficient (Wildman–Crippen LogP) is 4.00. The lowest BCUT2D eigenvalue weighted by Gasteiger charge is -2.17. The standard InChI is InChI=1S/C19H25N3O2S/c1-13-21-16(12-25-13)14-7-9-15(10-8-14)22-17(23)6-5-11-20-18(24)19(2,3)4/h7-10,12H,5-6,11H2,1-4H3,(H,20,24)(H,22,23). The van der Waals surface area contributed by atoms with Crippen molar-refractivity contribution >= 4 is 28.8 Å². The van der Waals surface area contributed by atoms with Gasteiger partial charge in [0.05, 0.1) is 10.7 Å². The van der Waals surface area contributed by atoms with Crippen LogP contribution in [0.5, 0.6) is 0 Å². The highest BCUT2D eigenvalue weighted by Crippen LogP contribution is 2.23. The first-order valence-electron chi connectivity index (χ1n) is 8.36. The van der Waals surface area contributed by atoms with Crippen molar-refractivity contribution in [3.8, 4) is 11.3 Å². The molecule has 0 aliphatic rings. The minimum absolute atomic E-state index is 0.000716. The van der Waals surface area contributed by atoms with Crippen LogP contribution in [-0.2, 0) is 9.59 Å². The van der Waals surface area contributed by atoms with E-state index in [-0.39, 0.29) is 11.8 Å². The van der Waals surface area contributed by atoms with E-state index < -0.39 is 5.41 Å². The van der Waals surface area contributed by atoms with Crippen molar-refractivity contribution < 1.29 is 9.59 Å². The molecule has 5 nitrogen and oxygen atoms in total. The van der Waals surface area contributed by atoms with E-state index in [0.29, 0.717) is 19.4 Å². The summed E-state index contributed by atoms with van der Waals surface area (Å²) in [6.45, 7) is 8.08. The van der Waals surface area contributed by atoms with Gasteiger partial charge in [-0.05, 0) is 25.5 Å². The third-order valence-corrected chi connectivity index (χ3v) is 4.40. The fourth-order valence-corrected chi connectivity index (χ4v) is 2.78. The highest BCUT2D eigenvalue weighted by Gasteiger charge is 2.20. The lowest BCUT2D eigenvalue weighted by atomic mass is 9.96. The maximum absolute atomic E-state index is 12.0. The Morgan fingerprint density at radius 3 is 2.40 bits per heavy atom. The summed E-state index contributed by atoms with van der Waals surface area (Å²) in [5, 5.41) is 8.78. The number of aryl methyl sites for hydroxylation is 1. The van der Waals surface area contributed by atoms with Crippen LogP contribution in [0.3, 0.4) is 0 Å². The van der Waals surface area contributed by atoms with E-state index in [9.17, 15) is 9.59 Å². The summed E-state index contributed by atoms with van der Waals surface area (Å²) >= 11 is 1.62. The smallest absolute Gasteiger partial charge is 0.225 e. The molecule has 0 bridgehead atoms. The fourth-order valence-electron chi connectivity index (χ4n) is 2.16. The molecule has 6 heteroatoms. The van der Waals surface area contributed by atoms with Gasteiger partial charge >= 0.3 is 0 Å². The number of nitrogens with one attached hydrogen (secondary N) is 2. The molecule has 2 rings (SSSR count). The summed E-state index contributed by atoms with van der Waals surface area (Å²) in [7, 11) is 0. The molecule has 134 valence electrons. The van der Waals surface area contributed by atoms with E-state index in [4.69, 9.17) is 0 Å². The molecule has 0 aliphatic heterocycles. The van der Waals surface area contributed by atoms with Gasteiger partial charge in [-0.25, -0.2) is 4.98 Å². The molecule has 0 unspecified atom stereocenters. The molecule has 1 heterocycles. The monoisotopic (exact) mass is 359 g/mol. The lowest BCUT2D eigenvalue weighted by molar-refractivity contribution is -0.128. The molecular formula is C19H25N3O2S. The van der Waals surface area contributed by atoms with Gasteiger partial charge in [-0.3, -0.25) is 9.59 Å². The van der Waals surface area contributed by atoms with Gasteiger partial charge < -0.3 is 10.6 Å². The molecular weight excluding hydrogens is 334 g/mol. The summed E-state index contributed by atoms with van der Waals surface area (Å²) in [6, 6.07) is 7.66. The van der Waals surface area contributed by atoms with Crippen molar-refractivity contribution in [2.45, 2.75) is 40.5 Å². The van der Waals surface area contributed by atoms with Crippen LogP contribution in [0.4, 0.5) is 5.69 Å². The molecule has 0 spiro atoms. The van der Waals surface area contributed by atoms with E-state index >= 15 is 0 Å². The molecule has 25 heavy (non-hydrogen) atoms. The van der Waals surface area contributed by atoms with Gasteiger partial charge in [0, 0.05) is 35.0 Å². The summed E-state index contributed by atoms with van der Waals surface area (Å²) < 4.78 is 0. The Hall–Kier alpha value is -2.21. The first-order valence-corrected chi connectivity index (χ1v) is 9.24. The predicted molar refractivity (Wildman–Crippen MR) is 103 cm³/mol. The number of nitrogens with zero attached hydrogens (tertiary/aromatic N) is 1. The first-order chi connectivity index (χ1) is 11.8. The number of hydrogen-bond donors (Lipinski definition) is 2. The molecule has 2 aromatic rings. The van der Waals surface area contributed by atoms with Crippen LogP contribution >= 0.6 is 11.3 Å². The Kier molecular flexibility index (Phi) is 6.31. The van der Waals surface area contributed by atoms with E-state index in [0.717, 1.165) is 22.0 Å². The second-order valence-corrected chi connectivity index (χ2v) is 8.05. The molecule has 0 aliphatic carbocycles. The number of hydrogen-bond acceptors (Lipinski definition) is 4. The number of benzene rings is 1. The molecule has 0 atom stereocenters. The number of rotatable bonds is 6. The molecule has 1 aromatic carbocycles. The molecule has 1 aromatic heterocycles. The van der Waals surface area contributed by atoms with Crippen molar-refractivity contribution in [2.24, 2.45) is 5.41 Å². The summed E-state index contributed by atoms with van der Waals surface area (Å²) in [4.78, 5) is 28.2. The van der Waals surface area contributed by atoms with Gasteiger partial charge in [0.15, 0.2) is 0 Å². The van der Waals surface area contributed by atoms with Crippen LogP contribution in [-0.4, -0.2) is 23.3 Å². The highest BCUT2D eigenvalue weighted by molar-refractivity contribution is 7.09. The molecule has 0 saturated heterocycles. The summed E-state index contributed by atoms with van der Waals surface area (Å²) in [6.07, 6.45) is 0.987. The lowest BCUT2D eigenvalue weighted by Crippen LogP contribution is -2.35. The van der Waals surface area contributed by atoms with Gasteiger partial charge in [-0.15, -0.1) is 11.3 Å². The van der Waals surface area contributed by atoms with Crippen molar-refractivity contribution in [1.29, 1.82) is 0 Å². The highest BCUT2D eigenvalue weighted by atomic mass is 32.1. The first kappa shape index (κ1) is 19.1. The zero-order valence-electron chi connectivity index (χ0n) is 15.2. The van der Waals surface area contributed by atoms with Gasteiger partial charge in [-0.2, -0.15) is 0 Å². The average molecular weight is 359 g/mol. The zero-order chi connectivity index (χ0) is 18.4. The summed E-state index contributed by atoms with van der Waals surface area (Å²) in [5.74, 6) is -0.0527. The van der Waals surface area contributed by atoms with E-state index in [1.807, 2.05) is 57.3 Å². The van der Waals surface area contributed by atoms with Crippen LogP contribution in [0.15, 0.2) is 29.6 Å². The zero-order valence-corrected chi connectivity index (χ0v) is 16.0. The average Bonchev–Trinajstić information content (AvgIpc) is 2.97. The van der Waals surface area contributed by atoms with Crippen LogP contribution in [0, 0.1) is 12.3 Å². The minimum atomic E-state index is -0.403. The van der Waals surface area contributed by atoms with Crippen molar-refractivity contribution in [3.05, 3.63) is 34.7 Å². The Morgan fingerprint density at radius 1 is 1.16 bits per heavy atom. The number of anilines is 1. The van der Waals surface area contributed by atoms with Gasteiger partial charge in [0.2, 0.25) is 11.8 Å². The maximum atomic E-state index is 12.0. The fraction of sp³-hybridized carbons (Fsp3) is 0.421. The van der Waals surface area contributed by atoms with Crippen molar-refractivity contribution in [2.75, 3.05) is 11.9 Å². The Morgan fingerprint density at radius 2 is 1.84 bits per heavy atom. The number of carbonyl (C=O) groups excluding carboxylic acids is 2. The van der Waals surface area contributed by atoms with Crippen LogP contribution in [0.25, 0.3) is 11.3 Å². The SMILES string of the molecule is Cc1nc(-c2ccc(NC(=O)CCCNC(=O)C(C)(C)C)cc2)cs1. The van der Waals surface area contributed by atoms with Gasteiger partial charge in [0.1, 0.15) is 0 Å². The van der Waals surface area contributed by atoms with Crippen molar-refractivity contribution in [1.82, 2.24) is 10.3 Å². The second-order valence-electron chi connectivity index (χ2n) is 6.99. The number of amides is 2. The van der Waals surface area contributed by atoms with Crippen LogP contribution < -0.4 is 10.6 Å². The largest absolute Gasteiger partial charge is 0.356 e. The minimum Gasteiger partial charge on any atom is -0.356 e. The Labute approximate surface area is 152 Å². The van der Waals surface area contributed by atoms with Gasteiger partial charge in [-0.1, -0.05) is 32.9 Å². The quantitative estimate of drug-likeness (QED) is 0.766. The topological polar surface area (TPSA) is 71.1 Å². The third kappa shape index (κ3) is 5.98. The molecule has 2 N–H and O–H groups in total. The third-order valence-electron chi connectivity index (χ3n) is 3.63. The second kappa shape index (κ2) is 8.25. The maximum Gasteiger partial charge on any atom is 0.225 e. The summed E-state index contributed by atoms with van der Waals surface area (Å²) in [5.41, 5.74) is 2.35. The number of thiazole rings is 1. The molecule has 0 saturated carbocycles. The normalized spacial score (nSPS) is 11.2. The van der Waals surface area contributed by atoms with E-state index in [1.165, 1.54) is 0 Å². The van der Waals surface area contributed by atoms with Crippen LogP contribution in [0.2, 0.25) is 0 Å². The molecule has 2 amide bonds. The Bertz CT molecular complexity index is 730. The van der Waals surface area contributed by atoms with E-state index in [1.54, 1.807) is 11.3 Å².